The van der Waals surface area contributed by atoms with Crippen LogP contribution < -0.4 is 0 Å². The van der Waals surface area contributed by atoms with E-state index >= 15 is 4.39 Å². The highest BCUT2D eigenvalue weighted by molar-refractivity contribution is 5.90. The second-order valence-corrected chi connectivity index (χ2v) is 8.20. The van der Waals surface area contributed by atoms with Gasteiger partial charge in [0.15, 0.2) is 5.65 Å². The number of aromatic nitrogens is 4. The van der Waals surface area contributed by atoms with Crippen molar-refractivity contribution in [1.29, 1.82) is 0 Å². The summed E-state index contributed by atoms with van der Waals surface area (Å²) in [5, 5.41) is 9.60. The Labute approximate surface area is 201 Å². The van der Waals surface area contributed by atoms with Crippen LogP contribution in [-0.2, 0) is 11.2 Å². The van der Waals surface area contributed by atoms with E-state index in [0.717, 1.165) is 39.5 Å². The van der Waals surface area contributed by atoms with Crippen molar-refractivity contribution in [3.63, 3.8) is 0 Å². The lowest BCUT2D eigenvalue weighted by Gasteiger charge is -2.07. The van der Waals surface area contributed by atoms with Crippen molar-refractivity contribution in [3.05, 3.63) is 94.9 Å². The van der Waals surface area contributed by atoms with Gasteiger partial charge in [-0.3, -0.25) is 0 Å². The van der Waals surface area contributed by atoms with Crippen molar-refractivity contribution in [3.8, 4) is 16.8 Å². The molecule has 0 aliphatic rings. The minimum absolute atomic E-state index is 0.141. The summed E-state index contributed by atoms with van der Waals surface area (Å²) in [6.45, 7) is 5.65. The summed E-state index contributed by atoms with van der Waals surface area (Å²) in [6, 6.07) is 16.1. The number of halogens is 1. The summed E-state index contributed by atoms with van der Waals surface area (Å²) in [6.07, 6.45) is 2.25. The van der Waals surface area contributed by atoms with Gasteiger partial charge in [-0.2, -0.15) is 5.10 Å². The van der Waals surface area contributed by atoms with Crippen LogP contribution in [0.5, 0.6) is 0 Å². The molecule has 7 nitrogen and oxygen atoms in total. The van der Waals surface area contributed by atoms with Crippen molar-refractivity contribution in [2.45, 2.75) is 27.2 Å². The lowest BCUT2D eigenvalue weighted by atomic mass is 10.0. The summed E-state index contributed by atoms with van der Waals surface area (Å²) in [4.78, 5) is 16.7. The largest absolute Gasteiger partial charge is 0.462 e. The number of esters is 1. The quantitative estimate of drug-likeness (QED) is 0.301. The van der Waals surface area contributed by atoms with E-state index in [1.54, 1.807) is 13.1 Å². The fraction of sp³-hybridized carbons (Fsp3) is 0.185. The number of pyridine rings is 1. The van der Waals surface area contributed by atoms with Gasteiger partial charge >= 0.3 is 5.97 Å². The van der Waals surface area contributed by atoms with Crippen LogP contribution in [0, 0.1) is 19.7 Å². The predicted molar refractivity (Wildman–Crippen MR) is 129 cm³/mol. The van der Waals surface area contributed by atoms with Crippen molar-refractivity contribution in [1.82, 2.24) is 19.9 Å². The molecule has 0 unspecified atom stereocenters. The number of carbonyl (C=O) groups is 1. The molecule has 176 valence electrons. The Morgan fingerprint density at radius 1 is 1.11 bits per heavy atom. The first-order valence-corrected chi connectivity index (χ1v) is 11.3. The third-order valence-electron chi connectivity index (χ3n) is 5.82. The lowest BCUT2D eigenvalue weighted by Crippen LogP contribution is -2.07. The molecular weight excluding hydrogens is 447 g/mol. The van der Waals surface area contributed by atoms with E-state index in [1.807, 2.05) is 50.2 Å². The molecule has 0 radical (unpaired) electrons. The number of carbonyl (C=O) groups excluding carboxylic acids is 1. The molecule has 2 aromatic carbocycles. The Morgan fingerprint density at radius 2 is 1.91 bits per heavy atom. The summed E-state index contributed by atoms with van der Waals surface area (Å²) < 4.78 is 27.0. The maximum atomic E-state index is 15.2. The molecule has 0 bridgehead atoms. The summed E-state index contributed by atoms with van der Waals surface area (Å²) in [7, 11) is 0. The molecule has 0 fully saturated rings. The minimum atomic E-state index is -0.595. The average Bonchev–Trinajstić information content (AvgIpc) is 3.38. The van der Waals surface area contributed by atoms with Gasteiger partial charge in [0.25, 0.3) is 0 Å². The molecule has 0 spiro atoms. The monoisotopic (exact) mass is 470 g/mol. The Hall–Kier alpha value is -4.33. The van der Waals surface area contributed by atoms with Gasteiger partial charge in [0, 0.05) is 29.1 Å². The number of benzene rings is 2. The highest BCUT2D eigenvalue weighted by atomic mass is 19.1. The first-order chi connectivity index (χ1) is 17.0. The molecule has 5 rings (SSSR count). The molecule has 0 amide bonds. The van der Waals surface area contributed by atoms with E-state index in [2.05, 4.69) is 10.1 Å². The topological polar surface area (TPSA) is 83.0 Å². The van der Waals surface area contributed by atoms with Crippen LogP contribution in [0.25, 0.3) is 27.8 Å². The minimum Gasteiger partial charge on any atom is -0.462 e. The molecule has 8 heteroatoms. The standard InChI is InChI=1S/C27H23FN4O3/c1-4-34-27(33)19-10-11-24(22(28)14-19)32-26-21(23(30-32)12-18-8-6-5-7-9-18)13-20(15-29-26)25-16(2)31-35-17(25)3/h5-11,13-15H,4,12H2,1-3H3. The number of hydrogen-bond donors (Lipinski definition) is 0. The van der Waals surface area contributed by atoms with Crippen molar-refractivity contribution < 1.29 is 18.4 Å². The highest BCUT2D eigenvalue weighted by Gasteiger charge is 2.20. The average molecular weight is 471 g/mol. The maximum Gasteiger partial charge on any atom is 0.338 e. The molecule has 3 aromatic heterocycles. The van der Waals surface area contributed by atoms with Crippen molar-refractivity contribution in [2.24, 2.45) is 0 Å². The fourth-order valence-electron chi connectivity index (χ4n) is 4.20. The molecular formula is C27H23FN4O3. The zero-order valence-corrected chi connectivity index (χ0v) is 19.6. The first kappa shape index (κ1) is 22.5. The molecule has 0 N–H and O–H groups in total. The van der Waals surface area contributed by atoms with E-state index in [9.17, 15) is 4.79 Å². The molecule has 0 atom stereocenters. The van der Waals surface area contributed by atoms with Crippen LogP contribution in [0.3, 0.4) is 0 Å². The van der Waals surface area contributed by atoms with Crippen LogP contribution in [0.1, 0.15) is 40.0 Å². The Bertz CT molecular complexity index is 1520. The number of nitrogens with zero attached hydrogens (tertiary/aromatic N) is 4. The zero-order valence-electron chi connectivity index (χ0n) is 19.6. The molecule has 3 heterocycles. The van der Waals surface area contributed by atoms with Crippen LogP contribution in [0.4, 0.5) is 4.39 Å². The molecule has 5 aromatic rings. The SMILES string of the molecule is CCOC(=O)c1ccc(-n2nc(Cc3ccccc3)c3cc(-c4c(C)noc4C)cnc32)c(F)c1. The van der Waals surface area contributed by atoms with E-state index in [1.165, 1.54) is 16.8 Å². The predicted octanol–water partition coefficient (Wildman–Crippen LogP) is 5.60. The third-order valence-corrected chi connectivity index (χ3v) is 5.82. The van der Waals surface area contributed by atoms with E-state index in [0.29, 0.717) is 17.8 Å². The van der Waals surface area contributed by atoms with Gasteiger partial charge in [0.05, 0.1) is 23.6 Å². The highest BCUT2D eigenvalue weighted by Crippen LogP contribution is 2.31. The molecule has 0 saturated heterocycles. The van der Waals surface area contributed by atoms with Crippen LogP contribution >= 0.6 is 0 Å². The molecule has 0 saturated carbocycles. The van der Waals surface area contributed by atoms with Gasteiger partial charge in [-0.05, 0) is 50.6 Å². The van der Waals surface area contributed by atoms with Gasteiger partial charge in [0.1, 0.15) is 17.3 Å². The van der Waals surface area contributed by atoms with Gasteiger partial charge in [-0.15, -0.1) is 0 Å². The van der Waals surface area contributed by atoms with Crippen molar-refractivity contribution in [2.75, 3.05) is 6.61 Å². The summed E-state index contributed by atoms with van der Waals surface area (Å²) >= 11 is 0. The van der Waals surface area contributed by atoms with Gasteiger partial charge in [0.2, 0.25) is 0 Å². The van der Waals surface area contributed by atoms with E-state index < -0.39 is 11.8 Å². The molecule has 0 aliphatic heterocycles. The fourth-order valence-corrected chi connectivity index (χ4v) is 4.20. The second kappa shape index (κ2) is 9.13. The van der Waals surface area contributed by atoms with Crippen LogP contribution in [0.15, 0.2) is 65.3 Å². The number of aryl methyl sites for hydroxylation is 2. The third kappa shape index (κ3) is 4.19. The number of fused-ring (bicyclic) bond motifs is 1. The second-order valence-electron chi connectivity index (χ2n) is 8.20. The molecule has 0 aliphatic carbocycles. The van der Waals surface area contributed by atoms with Crippen LogP contribution in [0.2, 0.25) is 0 Å². The Balaban J connectivity index is 1.66. The number of hydrogen-bond acceptors (Lipinski definition) is 6. The first-order valence-electron chi connectivity index (χ1n) is 11.3. The lowest BCUT2D eigenvalue weighted by molar-refractivity contribution is 0.0526. The van der Waals surface area contributed by atoms with Crippen LogP contribution in [-0.4, -0.2) is 32.5 Å². The van der Waals surface area contributed by atoms with Crippen molar-refractivity contribution >= 4 is 17.0 Å². The van der Waals surface area contributed by atoms with E-state index in [-0.39, 0.29) is 17.9 Å². The molecule has 35 heavy (non-hydrogen) atoms. The van der Waals surface area contributed by atoms with Gasteiger partial charge < -0.3 is 9.26 Å². The normalized spacial score (nSPS) is 11.2. The zero-order chi connectivity index (χ0) is 24.5. The Kier molecular flexibility index (Phi) is 5.86. The van der Waals surface area contributed by atoms with Gasteiger partial charge in [-0.25, -0.2) is 18.9 Å². The maximum absolute atomic E-state index is 15.2. The number of ether oxygens (including phenoxy) is 1. The summed E-state index contributed by atoms with van der Waals surface area (Å²) in [5.41, 5.74) is 5.16. The smallest absolute Gasteiger partial charge is 0.338 e. The van der Waals surface area contributed by atoms with Gasteiger partial charge in [-0.1, -0.05) is 35.5 Å². The summed E-state index contributed by atoms with van der Waals surface area (Å²) in [5.74, 6) is -0.473. The van der Waals surface area contributed by atoms with E-state index in [4.69, 9.17) is 14.4 Å². The Morgan fingerprint density at radius 3 is 2.60 bits per heavy atom. The number of rotatable bonds is 6.